The Morgan fingerprint density at radius 1 is 1.26 bits per heavy atom. The molecule has 3 rings (SSSR count). The van der Waals surface area contributed by atoms with E-state index in [0.29, 0.717) is 33.4 Å². The lowest BCUT2D eigenvalue weighted by Gasteiger charge is -2.08. The summed E-state index contributed by atoms with van der Waals surface area (Å²) >= 11 is 5.95. The molecule has 0 fully saturated rings. The standard InChI is InChI=1S/C17H15ClN2O3/c1-10-7-13(4-5-14(10)18)22-9-17(21)20-12-3-6-16-15(8-12)19-11(2)23-16/h3-8H,9H2,1-2H3,(H,20,21). The van der Waals surface area contributed by atoms with E-state index in [0.717, 1.165) is 5.56 Å². The summed E-state index contributed by atoms with van der Waals surface area (Å²) in [5.41, 5.74) is 2.94. The summed E-state index contributed by atoms with van der Waals surface area (Å²) < 4.78 is 10.9. The van der Waals surface area contributed by atoms with Gasteiger partial charge >= 0.3 is 0 Å². The van der Waals surface area contributed by atoms with Crippen molar-refractivity contribution in [3.05, 3.63) is 52.9 Å². The van der Waals surface area contributed by atoms with Crippen LogP contribution in [0, 0.1) is 13.8 Å². The maximum Gasteiger partial charge on any atom is 0.262 e. The van der Waals surface area contributed by atoms with Gasteiger partial charge in [-0.15, -0.1) is 0 Å². The number of carbonyl (C=O) groups excluding carboxylic acids is 1. The summed E-state index contributed by atoms with van der Waals surface area (Å²) in [4.78, 5) is 16.2. The van der Waals surface area contributed by atoms with Crippen molar-refractivity contribution in [3.63, 3.8) is 0 Å². The average molecular weight is 331 g/mol. The monoisotopic (exact) mass is 330 g/mol. The SMILES string of the molecule is Cc1nc2cc(NC(=O)COc3ccc(Cl)c(C)c3)ccc2o1. The number of fused-ring (bicyclic) bond motifs is 1. The second-order valence-electron chi connectivity index (χ2n) is 5.16. The fourth-order valence-corrected chi connectivity index (χ4v) is 2.29. The first-order chi connectivity index (χ1) is 11.0. The largest absolute Gasteiger partial charge is 0.484 e. The highest BCUT2D eigenvalue weighted by Gasteiger charge is 2.07. The van der Waals surface area contributed by atoms with Gasteiger partial charge in [0.25, 0.3) is 5.91 Å². The molecule has 1 N–H and O–H groups in total. The van der Waals surface area contributed by atoms with Crippen LogP contribution in [0.3, 0.4) is 0 Å². The number of hydrogen-bond acceptors (Lipinski definition) is 4. The minimum absolute atomic E-state index is 0.0864. The Bertz CT molecular complexity index is 873. The third-order valence-electron chi connectivity index (χ3n) is 3.28. The van der Waals surface area contributed by atoms with E-state index in [1.165, 1.54) is 0 Å². The molecule has 6 heteroatoms. The van der Waals surface area contributed by atoms with Crippen molar-refractivity contribution in [3.8, 4) is 5.75 Å². The maximum absolute atomic E-state index is 12.0. The van der Waals surface area contributed by atoms with Crippen LogP contribution in [0.1, 0.15) is 11.5 Å². The number of anilines is 1. The van der Waals surface area contributed by atoms with E-state index in [1.807, 2.05) is 6.92 Å². The lowest BCUT2D eigenvalue weighted by Crippen LogP contribution is -2.20. The van der Waals surface area contributed by atoms with Crippen LogP contribution in [0.2, 0.25) is 5.02 Å². The first-order valence-electron chi connectivity index (χ1n) is 7.07. The first-order valence-corrected chi connectivity index (χ1v) is 7.45. The van der Waals surface area contributed by atoms with Gasteiger partial charge in [0.05, 0.1) is 0 Å². The van der Waals surface area contributed by atoms with Gasteiger partial charge in [-0.05, 0) is 48.9 Å². The highest BCUT2D eigenvalue weighted by molar-refractivity contribution is 6.31. The van der Waals surface area contributed by atoms with Gasteiger partial charge in [0.15, 0.2) is 18.1 Å². The molecule has 5 nitrogen and oxygen atoms in total. The van der Waals surface area contributed by atoms with Crippen molar-refractivity contribution in [2.75, 3.05) is 11.9 Å². The number of benzene rings is 2. The molecule has 0 saturated carbocycles. The van der Waals surface area contributed by atoms with Crippen molar-refractivity contribution in [1.29, 1.82) is 0 Å². The average Bonchev–Trinajstić information content (AvgIpc) is 2.88. The Labute approximate surface area is 138 Å². The number of halogens is 1. The number of nitrogens with one attached hydrogen (secondary N) is 1. The summed E-state index contributed by atoms with van der Waals surface area (Å²) in [6.45, 7) is 3.57. The number of nitrogens with zero attached hydrogens (tertiary/aromatic N) is 1. The molecule has 0 aliphatic carbocycles. The number of amides is 1. The molecular formula is C17H15ClN2O3. The topological polar surface area (TPSA) is 64.4 Å². The van der Waals surface area contributed by atoms with Crippen LogP contribution in [0.15, 0.2) is 40.8 Å². The molecule has 0 saturated heterocycles. The molecule has 0 unspecified atom stereocenters. The highest BCUT2D eigenvalue weighted by Crippen LogP contribution is 2.22. The molecule has 118 valence electrons. The molecule has 0 bridgehead atoms. The van der Waals surface area contributed by atoms with Gasteiger partial charge in [-0.2, -0.15) is 0 Å². The number of rotatable bonds is 4. The number of aryl methyl sites for hydroxylation is 2. The Kier molecular flexibility index (Phi) is 4.21. The smallest absolute Gasteiger partial charge is 0.262 e. The van der Waals surface area contributed by atoms with Gasteiger partial charge in [-0.1, -0.05) is 11.6 Å². The second-order valence-corrected chi connectivity index (χ2v) is 5.57. The Balaban J connectivity index is 1.62. The van der Waals surface area contributed by atoms with Crippen LogP contribution >= 0.6 is 11.6 Å². The molecule has 0 aliphatic rings. The van der Waals surface area contributed by atoms with Crippen molar-refractivity contribution in [2.45, 2.75) is 13.8 Å². The molecule has 0 aliphatic heterocycles. The fraction of sp³-hybridized carbons (Fsp3) is 0.176. The summed E-state index contributed by atoms with van der Waals surface area (Å²) in [7, 11) is 0. The van der Waals surface area contributed by atoms with Crippen LogP contribution in [-0.2, 0) is 4.79 Å². The zero-order chi connectivity index (χ0) is 16.4. The summed E-state index contributed by atoms with van der Waals surface area (Å²) in [5, 5.41) is 3.43. The maximum atomic E-state index is 12.0. The van der Waals surface area contributed by atoms with Crippen LogP contribution < -0.4 is 10.1 Å². The van der Waals surface area contributed by atoms with Gasteiger partial charge in [0, 0.05) is 17.6 Å². The molecule has 23 heavy (non-hydrogen) atoms. The predicted molar refractivity (Wildman–Crippen MR) is 89.1 cm³/mol. The Morgan fingerprint density at radius 3 is 2.87 bits per heavy atom. The van der Waals surface area contributed by atoms with E-state index in [1.54, 1.807) is 43.3 Å². The third kappa shape index (κ3) is 3.63. The summed E-state index contributed by atoms with van der Waals surface area (Å²) in [6, 6.07) is 10.6. The molecule has 1 aromatic heterocycles. The van der Waals surface area contributed by atoms with E-state index in [-0.39, 0.29) is 12.5 Å². The van der Waals surface area contributed by atoms with E-state index in [2.05, 4.69) is 10.3 Å². The number of aromatic nitrogens is 1. The first kappa shape index (κ1) is 15.4. The van der Waals surface area contributed by atoms with Crippen molar-refractivity contribution < 1.29 is 13.9 Å². The van der Waals surface area contributed by atoms with Crippen LogP contribution in [0.5, 0.6) is 5.75 Å². The number of ether oxygens (including phenoxy) is 1. The molecule has 0 radical (unpaired) electrons. The van der Waals surface area contributed by atoms with Crippen molar-refractivity contribution >= 4 is 34.3 Å². The van der Waals surface area contributed by atoms with Gasteiger partial charge < -0.3 is 14.5 Å². The van der Waals surface area contributed by atoms with Gasteiger partial charge in [0.2, 0.25) is 0 Å². The quantitative estimate of drug-likeness (QED) is 0.781. The Morgan fingerprint density at radius 2 is 2.09 bits per heavy atom. The molecule has 2 aromatic carbocycles. The van der Waals surface area contributed by atoms with Crippen molar-refractivity contribution in [2.24, 2.45) is 0 Å². The third-order valence-corrected chi connectivity index (χ3v) is 3.70. The molecular weight excluding hydrogens is 316 g/mol. The normalized spacial score (nSPS) is 10.7. The van der Waals surface area contributed by atoms with Gasteiger partial charge in [-0.3, -0.25) is 4.79 Å². The van der Waals surface area contributed by atoms with Crippen LogP contribution in [0.25, 0.3) is 11.1 Å². The minimum atomic E-state index is -0.253. The van der Waals surface area contributed by atoms with E-state index < -0.39 is 0 Å². The van der Waals surface area contributed by atoms with E-state index in [9.17, 15) is 4.79 Å². The van der Waals surface area contributed by atoms with Gasteiger partial charge in [0.1, 0.15) is 11.3 Å². The van der Waals surface area contributed by atoms with Crippen LogP contribution in [0.4, 0.5) is 5.69 Å². The van der Waals surface area contributed by atoms with E-state index >= 15 is 0 Å². The fourth-order valence-electron chi connectivity index (χ4n) is 2.17. The van der Waals surface area contributed by atoms with E-state index in [4.69, 9.17) is 20.8 Å². The zero-order valence-corrected chi connectivity index (χ0v) is 13.5. The lowest BCUT2D eigenvalue weighted by atomic mass is 10.2. The molecule has 0 atom stereocenters. The summed E-state index contributed by atoms with van der Waals surface area (Å²) in [6.07, 6.45) is 0. The summed E-state index contributed by atoms with van der Waals surface area (Å²) in [5.74, 6) is 0.937. The number of oxazole rings is 1. The minimum Gasteiger partial charge on any atom is -0.484 e. The molecule has 0 spiro atoms. The number of carbonyl (C=O) groups is 1. The predicted octanol–water partition coefficient (Wildman–Crippen LogP) is 4.12. The molecule has 1 amide bonds. The van der Waals surface area contributed by atoms with Crippen LogP contribution in [-0.4, -0.2) is 17.5 Å². The van der Waals surface area contributed by atoms with Crippen molar-refractivity contribution in [1.82, 2.24) is 4.98 Å². The Hall–Kier alpha value is -2.53. The lowest BCUT2D eigenvalue weighted by molar-refractivity contribution is -0.118. The zero-order valence-electron chi connectivity index (χ0n) is 12.7. The molecule has 3 aromatic rings. The number of hydrogen-bond donors (Lipinski definition) is 1. The highest BCUT2D eigenvalue weighted by atomic mass is 35.5. The van der Waals surface area contributed by atoms with Gasteiger partial charge in [-0.25, -0.2) is 4.98 Å². The molecule has 1 heterocycles. The second kappa shape index (κ2) is 6.30.